The molecule has 0 fully saturated rings. The SMILES string of the molecule is CCN(C(=O)c1ccc(C(C)(C)C)cc1)C(C)c1nc2ccccc2c(=O)n1-c1ccc(F)cc1. The number of nitrogens with zero attached hydrogens (tertiary/aromatic N) is 3. The van der Waals surface area contributed by atoms with Gasteiger partial charge in [0.05, 0.1) is 22.6 Å². The van der Waals surface area contributed by atoms with Gasteiger partial charge in [-0.2, -0.15) is 0 Å². The number of benzene rings is 3. The van der Waals surface area contributed by atoms with Crippen molar-refractivity contribution in [1.82, 2.24) is 14.5 Å². The van der Waals surface area contributed by atoms with Gasteiger partial charge in [-0.3, -0.25) is 14.2 Å². The third-order valence-electron chi connectivity index (χ3n) is 6.33. The average Bonchev–Trinajstić information content (AvgIpc) is 2.84. The van der Waals surface area contributed by atoms with Crippen LogP contribution >= 0.6 is 0 Å². The van der Waals surface area contributed by atoms with Crippen LogP contribution < -0.4 is 5.56 Å². The van der Waals surface area contributed by atoms with Crippen molar-refractivity contribution in [3.8, 4) is 5.69 Å². The van der Waals surface area contributed by atoms with Gasteiger partial charge in [0.1, 0.15) is 11.6 Å². The third kappa shape index (κ3) is 4.74. The molecule has 0 aliphatic carbocycles. The molecule has 6 heteroatoms. The Bertz CT molecular complexity index is 1420. The molecule has 0 bridgehead atoms. The van der Waals surface area contributed by atoms with Gasteiger partial charge in [-0.1, -0.05) is 45.0 Å². The van der Waals surface area contributed by atoms with Crippen molar-refractivity contribution < 1.29 is 9.18 Å². The van der Waals surface area contributed by atoms with Crippen molar-refractivity contribution in [2.24, 2.45) is 0 Å². The summed E-state index contributed by atoms with van der Waals surface area (Å²) in [5, 5.41) is 0.458. The van der Waals surface area contributed by atoms with Gasteiger partial charge in [0.2, 0.25) is 0 Å². The normalized spacial score (nSPS) is 12.5. The number of amides is 1. The van der Waals surface area contributed by atoms with Gasteiger partial charge in [0, 0.05) is 12.1 Å². The average molecular weight is 472 g/mol. The number of carbonyl (C=O) groups excluding carboxylic acids is 1. The maximum atomic E-state index is 13.6. The van der Waals surface area contributed by atoms with E-state index in [1.807, 2.05) is 44.2 Å². The molecule has 0 aliphatic heterocycles. The minimum Gasteiger partial charge on any atom is -0.329 e. The zero-order chi connectivity index (χ0) is 25.3. The van der Waals surface area contributed by atoms with Crippen molar-refractivity contribution in [2.45, 2.75) is 46.1 Å². The minimum atomic E-state index is -0.517. The largest absolute Gasteiger partial charge is 0.329 e. The van der Waals surface area contributed by atoms with Gasteiger partial charge in [0.25, 0.3) is 11.5 Å². The first-order valence-corrected chi connectivity index (χ1v) is 11.8. The van der Waals surface area contributed by atoms with Crippen molar-refractivity contribution in [2.75, 3.05) is 6.54 Å². The molecule has 0 saturated heterocycles. The van der Waals surface area contributed by atoms with Crippen LogP contribution in [0.3, 0.4) is 0 Å². The molecule has 1 amide bonds. The van der Waals surface area contributed by atoms with Crippen LogP contribution in [0.15, 0.2) is 77.6 Å². The highest BCUT2D eigenvalue weighted by Gasteiger charge is 2.27. The smallest absolute Gasteiger partial charge is 0.266 e. The van der Waals surface area contributed by atoms with Gasteiger partial charge < -0.3 is 4.90 Å². The molecule has 1 aromatic heterocycles. The summed E-state index contributed by atoms with van der Waals surface area (Å²) >= 11 is 0. The van der Waals surface area contributed by atoms with Gasteiger partial charge in [-0.05, 0) is 73.4 Å². The Labute approximate surface area is 204 Å². The van der Waals surface area contributed by atoms with E-state index in [9.17, 15) is 14.0 Å². The molecule has 0 saturated carbocycles. The number of aromatic nitrogens is 2. The molecule has 3 aromatic carbocycles. The van der Waals surface area contributed by atoms with Crippen LogP contribution in [-0.4, -0.2) is 26.9 Å². The van der Waals surface area contributed by atoms with Crippen LogP contribution in [-0.2, 0) is 5.41 Å². The molecule has 5 nitrogen and oxygen atoms in total. The fraction of sp³-hybridized carbons (Fsp3) is 0.276. The Hall–Kier alpha value is -3.80. The zero-order valence-corrected chi connectivity index (χ0v) is 20.7. The van der Waals surface area contributed by atoms with Gasteiger partial charge in [0.15, 0.2) is 0 Å². The van der Waals surface area contributed by atoms with Crippen molar-refractivity contribution in [3.05, 3.63) is 106 Å². The quantitative estimate of drug-likeness (QED) is 0.356. The summed E-state index contributed by atoms with van der Waals surface area (Å²) in [5.74, 6) is -0.121. The van der Waals surface area contributed by atoms with Crippen molar-refractivity contribution in [3.63, 3.8) is 0 Å². The molecule has 4 aromatic rings. The first-order chi connectivity index (χ1) is 16.6. The number of rotatable bonds is 5. The molecule has 1 unspecified atom stereocenters. The van der Waals surface area contributed by atoms with E-state index >= 15 is 0 Å². The lowest BCUT2D eigenvalue weighted by atomic mass is 9.86. The maximum Gasteiger partial charge on any atom is 0.266 e. The lowest BCUT2D eigenvalue weighted by molar-refractivity contribution is 0.0693. The Balaban J connectivity index is 1.82. The zero-order valence-electron chi connectivity index (χ0n) is 20.7. The second-order valence-electron chi connectivity index (χ2n) is 9.70. The molecule has 4 rings (SSSR count). The first kappa shape index (κ1) is 24.3. The fourth-order valence-electron chi connectivity index (χ4n) is 4.28. The Kier molecular flexibility index (Phi) is 6.57. The topological polar surface area (TPSA) is 55.2 Å². The second-order valence-corrected chi connectivity index (χ2v) is 9.70. The summed E-state index contributed by atoms with van der Waals surface area (Å²) < 4.78 is 15.1. The van der Waals surface area contributed by atoms with E-state index in [1.54, 1.807) is 35.2 Å². The third-order valence-corrected chi connectivity index (χ3v) is 6.33. The monoisotopic (exact) mass is 471 g/mol. The van der Waals surface area contributed by atoms with E-state index in [4.69, 9.17) is 4.98 Å². The molecule has 0 spiro atoms. The molecule has 0 aliphatic rings. The summed E-state index contributed by atoms with van der Waals surface area (Å²) in [6, 6.07) is 20.0. The fourth-order valence-corrected chi connectivity index (χ4v) is 4.28. The molecule has 35 heavy (non-hydrogen) atoms. The van der Waals surface area contributed by atoms with Crippen LogP contribution in [0.25, 0.3) is 16.6 Å². The van der Waals surface area contributed by atoms with Crippen molar-refractivity contribution in [1.29, 1.82) is 0 Å². The van der Waals surface area contributed by atoms with Crippen LogP contribution in [0.2, 0.25) is 0 Å². The number of carbonyl (C=O) groups is 1. The highest BCUT2D eigenvalue weighted by molar-refractivity contribution is 5.94. The Morgan fingerprint density at radius 3 is 2.23 bits per heavy atom. The molecule has 180 valence electrons. The van der Waals surface area contributed by atoms with E-state index in [2.05, 4.69) is 20.8 Å². The maximum absolute atomic E-state index is 13.6. The lowest BCUT2D eigenvalue weighted by Gasteiger charge is -2.30. The van der Waals surface area contributed by atoms with Gasteiger partial charge in [-0.15, -0.1) is 0 Å². The number of para-hydroxylation sites is 1. The predicted molar refractivity (Wildman–Crippen MR) is 138 cm³/mol. The Morgan fingerprint density at radius 2 is 1.63 bits per heavy atom. The van der Waals surface area contributed by atoms with Crippen LogP contribution in [0.4, 0.5) is 4.39 Å². The summed E-state index contributed by atoms with van der Waals surface area (Å²) in [7, 11) is 0. The molecule has 1 heterocycles. The van der Waals surface area contributed by atoms with Gasteiger partial charge in [-0.25, -0.2) is 9.37 Å². The number of hydrogen-bond acceptors (Lipinski definition) is 3. The molecule has 1 atom stereocenters. The number of fused-ring (bicyclic) bond motifs is 1. The minimum absolute atomic E-state index is 0.0143. The first-order valence-electron chi connectivity index (χ1n) is 11.8. The van der Waals surface area contributed by atoms with Crippen LogP contribution in [0.1, 0.15) is 62.4 Å². The summed E-state index contributed by atoms with van der Waals surface area (Å²) in [6.45, 7) is 10.6. The van der Waals surface area contributed by atoms with Crippen molar-refractivity contribution >= 4 is 16.8 Å². The standard InChI is InChI=1S/C29H30FN3O2/c1-6-32(27(34)20-11-13-21(14-12-20)29(3,4)5)19(2)26-31-25-10-8-7-9-24(25)28(35)33(26)23-17-15-22(30)16-18-23/h7-19H,6H2,1-5H3. The van der Waals surface area contributed by atoms with Gasteiger partial charge >= 0.3 is 0 Å². The highest BCUT2D eigenvalue weighted by atomic mass is 19.1. The molecule has 0 radical (unpaired) electrons. The lowest BCUT2D eigenvalue weighted by Crippen LogP contribution is -2.37. The van der Waals surface area contributed by atoms with E-state index < -0.39 is 11.9 Å². The summed E-state index contributed by atoms with van der Waals surface area (Å²) in [4.78, 5) is 33.6. The van der Waals surface area contributed by atoms with E-state index in [-0.39, 0.29) is 16.9 Å². The molecular weight excluding hydrogens is 441 g/mol. The highest BCUT2D eigenvalue weighted by Crippen LogP contribution is 2.26. The summed E-state index contributed by atoms with van der Waals surface area (Å²) in [5.41, 5.74) is 2.49. The Morgan fingerprint density at radius 1 is 1.00 bits per heavy atom. The summed E-state index contributed by atoms with van der Waals surface area (Å²) in [6.07, 6.45) is 0. The van der Waals surface area contributed by atoms with E-state index in [0.717, 1.165) is 5.56 Å². The predicted octanol–water partition coefficient (Wildman–Crippen LogP) is 6.05. The number of halogens is 1. The van der Waals surface area contributed by atoms with E-state index in [0.29, 0.717) is 34.5 Å². The molecular formula is C29H30FN3O2. The number of hydrogen-bond donors (Lipinski definition) is 0. The second kappa shape index (κ2) is 9.45. The van der Waals surface area contributed by atoms with E-state index in [1.165, 1.54) is 16.7 Å². The van der Waals surface area contributed by atoms with Crippen LogP contribution in [0.5, 0.6) is 0 Å². The van der Waals surface area contributed by atoms with Crippen LogP contribution in [0, 0.1) is 5.82 Å². The molecule has 0 N–H and O–H groups in total.